The third-order valence-corrected chi connectivity index (χ3v) is 2.23. The summed E-state index contributed by atoms with van der Waals surface area (Å²) >= 11 is 0. The molecule has 1 aromatic carbocycles. The van der Waals surface area contributed by atoms with Crippen molar-refractivity contribution in [2.24, 2.45) is 5.92 Å². The zero-order chi connectivity index (χ0) is 10.6. The molecule has 0 radical (unpaired) electrons. The van der Waals surface area contributed by atoms with E-state index in [-0.39, 0.29) is 18.3 Å². The van der Waals surface area contributed by atoms with Crippen molar-refractivity contribution in [2.45, 2.75) is 19.8 Å². The van der Waals surface area contributed by atoms with Crippen LogP contribution < -0.4 is 0 Å². The average molecular weight is 200 g/mol. The maximum Gasteiger partial charge on any atom is 0.126 e. The standard InChI is InChI=1S/C11H14F2O/c1-8(7-14)2-3-9-6-10(12)4-5-11(9)13/h4-6,8,14H,2-3,7H2,1H3/t8-/m1/s1. The Hall–Kier alpha value is -0.960. The predicted molar refractivity (Wildman–Crippen MR) is 50.9 cm³/mol. The van der Waals surface area contributed by atoms with Gasteiger partial charge in [-0.2, -0.15) is 0 Å². The molecule has 1 nitrogen and oxygen atoms in total. The Bertz CT molecular complexity index is 299. The van der Waals surface area contributed by atoms with Crippen molar-refractivity contribution < 1.29 is 13.9 Å². The smallest absolute Gasteiger partial charge is 0.126 e. The predicted octanol–water partition coefficient (Wildman–Crippen LogP) is 2.53. The fraction of sp³-hybridized carbons (Fsp3) is 0.455. The number of benzene rings is 1. The van der Waals surface area contributed by atoms with Gasteiger partial charge in [-0.3, -0.25) is 0 Å². The molecule has 0 saturated heterocycles. The molecule has 0 heterocycles. The van der Waals surface area contributed by atoms with E-state index in [1.807, 2.05) is 6.92 Å². The Balaban J connectivity index is 2.62. The molecule has 0 fully saturated rings. The van der Waals surface area contributed by atoms with E-state index in [0.29, 0.717) is 18.4 Å². The summed E-state index contributed by atoms with van der Waals surface area (Å²) in [6.07, 6.45) is 1.13. The van der Waals surface area contributed by atoms with Gasteiger partial charge in [0.05, 0.1) is 0 Å². The minimum atomic E-state index is -0.418. The molecule has 1 N–H and O–H groups in total. The zero-order valence-electron chi connectivity index (χ0n) is 8.13. The molecule has 3 heteroatoms. The molecule has 14 heavy (non-hydrogen) atoms. The number of aryl methyl sites for hydroxylation is 1. The summed E-state index contributed by atoms with van der Waals surface area (Å²) in [5.74, 6) is -0.674. The van der Waals surface area contributed by atoms with Crippen LogP contribution in [-0.4, -0.2) is 11.7 Å². The van der Waals surface area contributed by atoms with Crippen LogP contribution in [0.5, 0.6) is 0 Å². The highest BCUT2D eigenvalue weighted by Crippen LogP contribution is 2.14. The molecular formula is C11H14F2O. The molecule has 0 bridgehead atoms. The Morgan fingerprint density at radius 1 is 1.36 bits per heavy atom. The molecule has 0 spiro atoms. The lowest BCUT2D eigenvalue weighted by molar-refractivity contribution is 0.230. The molecule has 0 aliphatic rings. The van der Waals surface area contributed by atoms with Gasteiger partial charge in [0.25, 0.3) is 0 Å². The fourth-order valence-electron chi connectivity index (χ4n) is 1.23. The van der Waals surface area contributed by atoms with Crippen molar-refractivity contribution in [3.63, 3.8) is 0 Å². The molecule has 0 aliphatic heterocycles. The van der Waals surface area contributed by atoms with Crippen LogP contribution >= 0.6 is 0 Å². The van der Waals surface area contributed by atoms with Crippen molar-refractivity contribution in [1.29, 1.82) is 0 Å². The number of rotatable bonds is 4. The van der Waals surface area contributed by atoms with Crippen molar-refractivity contribution in [2.75, 3.05) is 6.61 Å². The highest BCUT2D eigenvalue weighted by molar-refractivity contribution is 5.18. The Morgan fingerprint density at radius 2 is 2.07 bits per heavy atom. The third kappa shape index (κ3) is 3.07. The first-order valence-corrected chi connectivity index (χ1v) is 4.68. The maximum atomic E-state index is 13.1. The molecule has 0 aliphatic carbocycles. The summed E-state index contributed by atoms with van der Waals surface area (Å²) in [4.78, 5) is 0. The maximum absolute atomic E-state index is 13.1. The number of hydrogen-bond acceptors (Lipinski definition) is 1. The van der Waals surface area contributed by atoms with E-state index in [1.54, 1.807) is 0 Å². The molecule has 0 saturated carbocycles. The normalized spacial score (nSPS) is 12.9. The van der Waals surface area contributed by atoms with Crippen LogP contribution in [0.3, 0.4) is 0 Å². The molecule has 0 amide bonds. The minimum Gasteiger partial charge on any atom is -0.396 e. The van der Waals surface area contributed by atoms with Crippen LogP contribution in [0, 0.1) is 17.6 Å². The fourth-order valence-corrected chi connectivity index (χ4v) is 1.23. The molecule has 1 atom stereocenters. The van der Waals surface area contributed by atoms with Crippen molar-refractivity contribution in [3.05, 3.63) is 35.4 Å². The molecule has 78 valence electrons. The zero-order valence-corrected chi connectivity index (χ0v) is 8.13. The van der Waals surface area contributed by atoms with E-state index in [4.69, 9.17) is 5.11 Å². The first-order valence-electron chi connectivity index (χ1n) is 4.68. The molecular weight excluding hydrogens is 186 g/mol. The van der Waals surface area contributed by atoms with Crippen LogP contribution in [0.25, 0.3) is 0 Å². The van der Waals surface area contributed by atoms with Gasteiger partial charge in [-0.15, -0.1) is 0 Å². The second kappa shape index (κ2) is 5.05. The van der Waals surface area contributed by atoms with Crippen LogP contribution in [0.2, 0.25) is 0 Å². The minimum absolute atomic E-state index is 0.0803. The second-order valence-electron chi connectivity index (χ2n) is 3.56. The lowest BCUT2D eigenvalue weighted by Crippen LogP contribution is -2.03. The summed E-state index contributed by atoms with van der Waals surface area (Å²) in [6.45, 7) is 1.95. The van der Waals surface area contributed by atoms with Crippen LogP contribution in [0.15, 0.2) is 18.2 Å². The average Bonchev–Trinajstić information content (AvgIpc) is 2.19. The molecule has 0 unspecified atom stereocenters. The van der Waals surface area contributed by atoms with Gasteiger partial charge in [0.1, 0.15) is 11.6 Å². The molecule has 1 rings (SSSR count). The van der Waals surface area contributed by atoms with Gasteiger partial charge in [0.2, 0.25) is 0 Å². The van der Waals surface area contributed by atoms with Gasteiger partial charge in [0.15, 0.2) is 0 Å². The number of hydrogen-bond donors (Lipinski definition) is 1. The first kappa shape index (κ1) is 11.1. The monoisotopic (exact) mass is 200 g/mol. The quantitative estimate of drug-likeness (QED) is 0.791. The Kier molecular flexibility index (Phi) is 4.01. The van der Waals surface area contributed by atoms with Gasteiger partial charge < -0.3 is 5.11 Å². The number of halogens is 2. The van der Waals surface area contributed by atoms with Crippen LogP contribution in [0.4, 0.5) is 8.78 Å². The Morgan fingerprint density at radius 3 is 2.71 bits per heavy atom. The number of aliphatic hydroxyl groups is 1. The van der Waals surface area contributed by atoms with Crippen LogP contribution in [0.1, 0.15) is 18.9 Å². The first-order chi connectivity index (χ1) is 6.63. The van der Waals surface area contributed by atoms with E-state index >= 15 is 0 Å². The van der Waals surface area contributed by atoms with E-state index in [0.717, 1.165) is 12.1 Å². The van der Waals surface area contributed by atoms with Gasteiger partial charge in [0, 0.05) is 6.61 Å². The lowest BCUT2D eigenvalue weighted by Gasteiger charge is -2.07. The summed E-state index contributed by atoms with van der Waals surface area (Å²) < 4.78 is 25.8. The lowest BCUT2D eigenvalue weighted by atomic mass is 10.0. The molecule has 0 aromatic heterocycles. The summed E-state index contributed by atoms with van der Waals surface area (Å²) in [6, 6.07) is 3.45. The van der Waals surface area contributed by atoms with Crippen LogP contribution in [-0.2, 0) is 6.42 Å². The summed E-state index contributed by atoms with van der Waals surface area (Å²) in [5.41, 5.74) is 0.380. The Labute approximate surface area is 82.4 Å². The summed E-state index contributed by atoms with van der Waals surface area (Å²) in [7, 11) is 0. The highest BCUT2D eigenvalue weighted by Gasteiger charge is 2.06. The molecule has 1 aromatic rings. The van der Waals surface area contributed by atoms with Crippen molar-refractivity contribution in [1.82, 2.24) is 0 Å². The highest BCUT2D eigenvalue weighted by atomic mass is 19.1. The van der Waals surface area contributed by atoms with E-state index in [2.05, 4.69) is 0 Å². The van der Waals surface area contributed by atoms with Gasteiger partial charge >= 0.3 is 0 Å². The summed E-state index contributed by atoms with van der Waals surface area (Å²) in [5, 5.41) is 8.77. The SMILES string of the molecule is C[C@@H](CO)CCc1cc(F)ccc1F. The van der Waals surface area contributed by atoms with E-state index in [1.165, 1.54) is 6.07 Å². The topological polar surface area (TPSA) is 20.2 Å². The van der Waals surface area contributed by atoms with Gasteiger partial charge in [-0.05, 0) is 42.5 Å². The second-order valence-corrected chi connectivity index (χ2v) is 3.56. The van der Waals surface area contributed by atoms with Crippen molar-refractivity contribution >= 4 is 0 Å². The largest absolute Gasteiger partial charge is 0.396 e. The van der Waals surface area contributed by atoms with Crippen molar-refractivity contribution in [3.8, 4) is 0 Å². The van der Waals surface area contributed by atoms with Gasteiger partial charge in [-0.1, -0.05) is 6.92 Å². The number of aliphatic hydroxyl groups excluding tert-OH is 1. The van der Waals surface area contributed by atoms with Gasteiger partial charge in [-0.25, -0.2) is 8.78 Å². The van der Waals surface area contributed by atoms with E-state index < -0.39 is 5.82 Å². The third-order valence-electron chi connectivity index (χ3n) is 2.23. The van der Waals surface area contributed by atoms with E-state index in [9.17, 15) is 8.78 Å².